The molecule has 0 fully saturated rings. The van der Waals surface area contributed by atoms with E-state index in [9.17, 15) is 4.79 Å². The highest BCUT2D eigenvalue weighted by atomic mass is 16.2. The second-order valence-electron chi connectivity index (χ2n) is 5.72. The van der Waals surface area contributed by atoms with Crippen LogP contribution < -0.4 is 5.32 Å². The lowest BCUT2D eigenvalue weighted by molar-refractivity contribution is -0.125. The molecule has 118 valence electrons. The van der Waals surface area contributed by atoms with Gasteiger partial charge >= 0.3 is 0 Å². The summed E-state index contributed by atoms with van der Waals surface area (Å²) in [6.45, 7) is 2.62. The SMILES string of the molecule is Cc1ccccc1[C@@H](C(=O)NCCc1nccn1C)N(C)C. The van der Waals surface area contributed by atoms with E-state index in [0.717, 1.165) is 23.4 Å². The third-order valence-electron chi connectivity index (χ3n) is 3.82. The molecule has 0 aliphatic carbocycles. The molecule has 0 radical (unpaired) electrons. The van der Waals surface area contributed by atoms with E-state index in [1.807, 2.05) is 68.0 Å². The van der Waals surface area contributed by atoms with Crippen molar-refractivity contribution < 1.29 is 4.79 Å². The van der Waals surface area contributed by atoms with Crippen molar-refractivity contribution in [2.45, 2.75) is 19.4 Å². The number of imidazole rings is 1. The highest BCUT2D eigenvalue weighted by Gasteiger charge is 2.23. The lowest BCUT2D eigenvalue weighted by Crippen LogP contribution is -2.38. The van der Waals surface area contributed by atoms with E-state index in [0.29, 0.717) is 6.54 Å². The Hall–Kier alpha value is -2.14. The molecule has 0 bridgehead atoms. The van der Waals surface area contributed by atoms with E-state index in [2.05, 4.69) is 10.3 Å². The molecule has 1 heterocycles. The van der Waals surface area contributed by atoms with Crippen LogP contribution in [0.1, 0.15) is 23.0 Å². The molecular formula is C17H24N4O. The molecule has 2 rings (SSSR count). The number of aryl methyl sites for hydroxylation is 2. The van der Waals surface area contributed by atoms with E-state index in [-0.39, 0.29) is 11.9 Å². The Balaban J connectivity index is 2.02. The minimum Gasteiger partial charge on any atom is -0.354 e. The molecule has 5 nitrogen and oxygen atoms in total. The lowest BCUT2D eigenvalue weighted by Gasteiger charge is -2.25. The number of aromatic nitrogens is 2. The van der Waals surface area contributed by atoms with Gasteiger partial charge in [-0.1, -0.05) is 24.3 Å². The molecule has 2 aromatic rings. The third kappa shape index (κ3) is 3.74. The van der Waals surface area contributed by atoms with E-state index in [4.69, 9.17) is 0 Å². The van der Waals surface area contributed by atoms with Gasteiger partial charge in [0.05, 0.1) is 0 Å². The summed E-state index contributed by atoms with van der Waals surface area (Å²) in [5.74, 6) is 0.992. The van der Waals surface area contributed by atoms with Crippen molar-refractivity contribution in [1.29, 1.82) is 0 Å². The zero-order valence-corrected chi connectivity index (χ0v) is 13.7. The Bertz CT molecular complexity index is 633. The van der Waals surface area contributed by atoms with Crippen LogP contribution in [0.25, 0.3) is 0 Å². The van der Waals surface area contributed by atoms with Crippen molar-refractivity contribution in [3.05, 3.63) is 53.6 Å². The van der Waals surface area contributed by atoms with Gasteiger partial charge in [0.1, 0.15) is 11.9 Å². The standard InChI is InChI=1S/C17H24N4O/c1-13-7-5-6-8-14(13)16(20(2)3)17(22)19-10-9-15-18-11-12-21(15)4/h5-8,11-12,16H,9-10H2,1-4H3,(H,19,22)/t16-/m0/s1. The minimum atomic E-state index is -0.275. The van der Waals surface area contributed by atoms with Crippen LogP contribution in [0.4, 0.5) is 0 Å². The van der Waals surface area contributed by atoms with Crippen LogP contribution in [-0.4, -0.2) is 41.0 Å². The second kappa shape index (κ2) is 7.22. The van der Waals surface area contributed by atoms with Crippen molar-refractivity contribution in [3.63, 3.8) is 0 Å². The molecule has 1 aromatic carbocycles. The molecule has 0 aliphatic rings. The largest absolute Gasteiger partial charge is 0.354 e. The number of carbonyl (C=O) groups is 1. The maximum atomic E-state index is 12.6. The van der Waals surface area contributed by atoms with Crippen molar-refractivity contribution in [2.75, 3.05) is 20.6 Å². The summed E-state index contributed by atoms with van der Waals surface area (Å²) in [4.78, 5) is 18.8. The highest BCUT2D eigenvalue weighted by Crippen LogP contribution is 2.21. The number of carbonyl (C=O) groups excluding carboxylic acids is 1. The maximum Gasteiger partial charge on any atom is 0.241 e. The number of nitrogens with one attached hydrogen (secondary N) is 1. The molecule has 1 N–H and O–H groups in total. The van der Waals surface area contributed by atoms with Gasteiger partial charge in [-0.3, -0.25) is 9.69 Å². The average molecular weight is 300 g/mol. The molecular weight excluding hydrogens is 276 g/mol. The van der Waals surface area contributed by atoms with Gasteiger partial charge in [-0.15, -0.1) is 0 Å². The summed E-state index contributed by atoms with van der Waals surface area (Å²) in [6, 6.07) is 7.73. The molecule has 22 heavy (non-hydrogen) atoms. The highest BCUT2D eigenvalue weighted by molar-refractivity contribution is 5.83. The number of hydrogen-bond acceptors (Lipinski definition) is 3. The van der Waals surface area contributed by atoms with Gasteiger partial charge < -0.3 is 9.88 Å². The van der Waals surface area contributed by atoms with E-state index in [1.165, 1.54) is 0 Å². The zero-order chi connectivity index (χ0) is 16.1. The van der Waals surface area contributed by atoms with Crippen LogP contribution in [0.2, 0.25) is 0 Å². The molecule has 5 heteroatoms. The van der Waals surface area contributed by atoms with E-state index >= 15 is 0 Å². The van der Waals surface area contributed by atoms with Crippen LogP contribution >= 0.6 is 0 Å². The predicted molar refractivity (Wildman–Crippen MR) is 87.5 cm³/mol. The summed E-state index contributed by atoms with van der Waals surface area (Å²) in [7, 11) is 5.81. The Labute approximate surface area is 132 Å². The zero-order valence-electron chi connectivity index (χ0n) is 13.7. The van der Waals surface area contributed by atoms with Gasteiger partial charge in [0, 0.05) is 32.4 Å². The quantitative estimate of drug-likeness (QED) is 0.883. The summed E-state index contributed by atoms with van der Waals surface area (Å²) < 4.78 is 1.97. The maximum absolute atomic E-state index is 12.6. The number of likely N-dealkylation sites (N-methyl/N-ethyl adjacent to an activating group) is 1. The normalized spacial score (nSPS) is 12.4. The van der Waals surface area contributed by atoms with Crippen LogP contribution in [-0.2, 0) is 18.3 Å². The number of nitrogens with zero attached hydrogens (tertiary/aromatic N) is 3. The monoisotopic (exact) mass is 300 g/mol. The summed E-state index contributed by atoms with van der Waals surface area (Å²) in [5, 5.41) is 3.02. The van der Waals surface area contributed by atoms with Gasteiger partial charge in [-0.05, 0) is 32.1 Å². The number of hydrogen-bond donors (Lipinski definition) is 1. The van der Waals surface area contributed by atoms with Crippen LogP contribution in [0.3, 0.4) is 0 Å². The first-order valence-electron chi connectivity index (χ1n) is 7.46. The summed E-state index contributed by atoms with van der Waals surface area (Å²) >= 11 is 0. The number of amides is 1. The first kappa shape index (κ1) is 16.2. The molecule has 1 amide bonds. The van der Waals surface area contributed by atoms with Crippen molar-refractivity contribution >= 4 is 5.91 Å². The summed E-state index contributed by atoms with van der Waals surface area (Å²) in [5.41, 5.74) is 2.17. The van der Waals surface area contributed by atoms with Crippen molar-refractivity contribution in [1.82, 2.24) is 19.8 Å². The van der Waals surface area contributed by atoms with Crippen LogP contribution in [0.5, 0.6) is 0 Å². The summed E-state index contributed by atoms with van der Waals surface area (Å²) in [6.07, 6.45) is 4.41. The number of benzene rings is 1. The van der Waals surface area contributed by atoms with Gasteiger partial charge in [-0.2, -0.15) is 0 Å². The second-order valence-corrected chi connectivity index (χ2v) is 5.72. The Morgan fingerprint density at radius 1 is 1.36 bits per heavy atom. The lowest BCUT2D eigenvalue weighted by atomic mass is 10.00. The fourth-order valence-corrected chi connectivity index (χ4v) is 2.58. The van der Waals surface area contributed by atoms with Crippen LogP contribution in [0, 0.1) is 6.92 Å². The Morgan fingerprint density at radius 3 is 2.68 bits per heavy atom. The topological polar surface area (TPSA) is 50.2 Å². The minimum absolute atomic E-state index is 0.0218. The van der Waals surface area contributed by atoms with E-state index < -0.39 is 0 Å². The molecule has 0 saturated heterocycles. The van der Waals surface area contributed by atoms with Crippen molar-refractivity contribution in [3.8, 4) is 0 Å². The fourth-order valence-electron chi connectivity index (χ4n) is 2.58. The molecule has 0 saturated carbocycles. The predicted octanol–water partition coefficient (Wildman–Crippen LogP) is 1.69. The first-order valence-corrected chi connectivity index (χ1v) is 7.46. The first-order chi connectivity index (χ1) is 10.5. The fraction of sp³-hybridized carbons (Fsp3) is 0.412. The van der Waals surface area contributed by atoms with Gasteiger partial charge in [0.2, 0.25) is 5.91 Å². The Kier molecular flexibility index (Phi) is 5.33. The van der Waals surface area contributed by atoms with Gasteiger partial charge in [0.15, 0.2) is 0 Å². The van der Waals surface area contributed by atoms with E-state index in [1.54, 1.807) is 6.20 Å². The van der Waals surface area contributed by atoms with Crippen LogP contribution in [0.15, 0.2) is 36.7 Å². The molecule has 0 spiro atoms. The number of rotatable bonds is 6. The van der Waals surface area contributed by atoms with Gasteiger partial charge in [-0.25, -0.2) is 4.98 Å². The molecule has 1 aromatic heterocycles. The molecule has 0 aliphatic heterocycles. The third-order valence-corrected chi connectivity index (χ3v) is 3.82. The van der Waals surface area contributed by atoms with Gasteiger partial charge in [0.25, 0.3) is 0 Å². The van der Waals surface area contributed by atoms with Crippen molar-refractivity contribution in [2.24, 2.45) is 7.05 Å². The molecule has 1 atom stereocenters. The molecule has 0 unspecified atom stereocenters. The Morgan fingerprint density at radius 2 is 2.09 bits per heavy atom. The smallest absolute Gasteiger partial charge is 0.241 e. The average Bonchev–Trinajstić information content (AvgIpc) is 2.86.